The van der Waals surface area contributed by atoms with Crippen LogP contribution in [0.3, 0.4) is 0 Å². The molecule has 1 aromatic heterocycles. The van der Waals surface area contributed by atoms with Crippen LogP contribution in [0.4, 0.5) is 5.82 Å². The molecule has 1 rings (SSSR count). The monoisotopic (exact) mass is 180 g/mol. The van der Waals surface area contributed by atoms with Crippen molar-refractivity contribution >= 4 is 11.7 Å². The van der Waals surface area contributed by atoms with Crippen LogP contribution in [-0.2, 0) is 4.79 Å². The zero-order valence-electron chi connectivity index (χ0n) is 7.32. The molecule has 0 aliphatic heterocycles. The van der Waals surface area contributed by atoms with Crippen molar-refractivity contribution in [3.63, 3.8) is 0 Å². The van der Waals surface area contributed by atoms with E-state index >= 15 is 0 Å². The summed E-state index contributed by atoms with van der Waals surface area (Å²) in [5, 5.41) is 0. The normalized spacial score (nSPS) is 11.8. The zero-order chi connectivity index (χ0) is 9.68. The average Bonchev–Trinajstić information content (AvgIpc) is 2.15. The maximum absolute atomic E-state index is 11.0. The Morgan fingerprint density at radius 3 is 2.92 bits per heavy atom. The Labute approximate surface area is 76.3 Å². The highest BCUT2D eigenvalue weighted by Crippen LogP contribution is 1.96. The van der Waals surface area contributed by atoms with Gasteiger partial charge in [-0.3, -0.25) is 15.6 Å². The number of carbonyl (C=O) groups is 1. The van der Waals surface area contributed by atoms with Gasteiger partial charge in [0.1, 0.15) is 5.82 Å². The largest absolute Gasteiger partial charge is 0.320 e. The predicted molar refractivity (Wildman–Crippen MR) is 49.7 cm³/mol. The van der Waals surface area contributed by atoms with Crippen LogP contribution in [0.2, 0.25) is 0 Å². The molecule has 1 aromatic rings. The fraction of sp³-hybridized carbons (Fsp3) is 0.250. The van der Waals surface area contributed by atoms with Gasteiger partial charge in [-0.15, -0.1) is 0 Å². The average molecular weight is 180 g/mol. The van der Waals surface area contributed by atoms with E-state index < -0.39 is 6.04 Å². The van der Waals surface area contributed by atoms with E-state index in [-0.39, 0.29) is 5.91 Å². The smallest absolute Gasteiger partial charge is 0.254 e. The molecular formula is C8H12N4O. The van der Waals surface area contributed by atoms with Crippen molar-refractivity contribution in [1.29, 1.82) is 0 Å². The van der Waals surface area contributed by atoms with Crippen molar-refractivity contribution < 1.29 is 4.79 Å². The van der Waals surface area contributed by atoms with Gasteiger partial charge >= 0.3 is 0 Å². The molecule has 4 N–H and O–H groups in total. The van der Waals surface area contributed by atoms with Crippen LogP contribution >= 0.6 is 0 Å². The van der Waals surface area contributed by atoms with Gasteiger partial charge in [-0.2, -0.15) is 0 Å². The van der Waals surface area contributed by atoms with Gasteiger partial charge in [0.05, 0.1) is 6.04 Å². The van der Waals surface area contributed by atoms with Crippen molar-refractivity contribution in [1.82, 2.24) is 10.4 Å². The maximum atomic E-state index is 11.0. The van der Waals surface area contributed by atoms with Crippen molar-refractivity contribution in [3.05, 3.63) is 24.4 Å². The summed E-state index contributed by atoms with van der Waals surface area (Å²) in [5.41, 5.74) is 10.4. The summed E-state index contributed by atoms with van der Waals surface area (Å²) in [7, 11) is 0. The van der Waals surface area contributed by atoms with Crippen LogP contribution in [0, 0.1) is 0 Å². The van der Waals surface area contributed by atoms with Gasteiger partial charge in [-0.25, -0.2) is 4.98 Å². The highest BCUT2D eigenvalue weighted by molar-refractivity contribution is 5.81. The lowest BCUT2D eigenvalue weighted by molar-refractivity contribution is -0.121. The molecule has 1 heterocycles. The lowest BCUT2D eigenvalue weighted by Crippen LogP contribution is -2.41. The number of hydrazine groups is 1. The number of aromatic nitrogens is 1. The Morgan fingerprint density at radius 2 is 2.38 bits per heavy atom. The van der Waals surface area contributed by atoms with Gasteiger partial charge in [0.15, 0.2) is 0 Å². The zero-order valence-corrected chi connectivity index (χ0v) is 7.32. The molecule has 1 atom stereocenters. The van der Waals surface area contributed by atoms with Gasteiger partial charge in [-0.05, 0) is 19.1 Å². The minimum atomic E-state index is -0.531. The van der Waals surface area contributed by atoms with Crippen molar-refractivity contribution in [2.24, 2.45) is 5.73 Å². The number of carbonyl (C=O) groups excluding carboxylic acids is 1. The van der Waals surface area contributed by atoms with E-state index in [1.807, 2.05) is 6.07 Å². The fourth-order valence-electron chi connectivity index (χ4n) is 0.676. The number of hydrogen-bond acceptors (Lipinski definition) is 4. The number of nitrogens with zero attached hydrogens (tertiary/aromatic N) is 1. The molecule has 1 amide bonds. The molecule has 5 heteroatoms. The second-order valence-corrected chi connectivity index (χ2v) is 2.62. The Morgan fingerprint density at radius 1 is 1.62 bits per heavy atom. The molecule has 70 valence electrons. The van der Waals surface area contributed by atoms with Gasteiger partial charge < -0.3 is 5.73 Å². The molecule has 0 spiro atoms. The van der Waals surface area contributed by atoms with Crippen LogP contribution in [0.25, 0.3) is 0 Å². The molecule has 0 saturated heterocycles. The summed E-state index contributed by atoms with van der Waals surface area (Å²) in [6.07, 6.45) is 1.63. The summed E-state index contributed by atoms with van der Waals surface area (Å²) >= 11 is 0. The lowest BCUT2D eigenvalue weighted by atomic mass is 10.3. The van der Waals surface area contributed by atoms with Crippen LogP contribution in [0.1, 0.15) is 6.92 Å². The highest BCUT2D eigenvalue weighted by atomic mass is 16.2. The van der Waals surface area contributed by atoms with Gasteiger partial charge in [0.2, 0.25) is 0 Å². The first-order chi connectivity index (χ1) is 6.20. The minimum absolute atomic E-state index is 0.273. The summed E-state index contributed by atoms with van der Waals surface area (Å²) in [6.45, 7) is 1.61. The summed E-state index contributed by atoms with van der Waals surface area (Å²) in [4.78, 5) is 14.9. The molecule has 0 bridgehead atoms. The van der Waals surface area contributed by atoms with E-state index in [9.17, 15) is 4.79 Å². The molecule has 0 unspecified atom stereocenters. The van der Waals surface area contributed by atoms with E-state index in [0.717, 1.165) is 0 Å². The lowest BCUT2D eigenvalue weighted by Gasteiger charge is -2.08. The first-order valence-corrected chi connectivity index (χ1v) is 3.92. The van der Waals surface area contributed by atoms with E-state index in [1.165, 1.54) is 0 Å². The van der Waals surface area contributed by atoms with Crippen molar-refractivity contribution in [3.8, 4) is 0 Å². The SMILES string of the molecule is C[C@@H](N)C(=O)NNc1ccccn1. The predicted octanol–water partition coefficient (Wildman–Crippen LogP) is -0.128. The third-order valence-corrected chi connectivity index (χ3v) is 1.39. The van der Waals surface area contributed by atoms with Crippen molar-refractivity contribution in [2.75, 3.05) is 5.43 Å². The Balaban J connectivity index is 2.40. The number of nitrogens with one attached hydrogen (secondary N) is 2. The van der Waals surface area contributed by atoms with Crippen LogP contribution < -0.4 is 16.6 Å². The third-order valence-electron chi connectivity index (χ3n) is 1.39. The van der Waals surface area contributed by atoms with E-state index in [1.54, 1.807) is 25.3 Å². The Bertz CT molecular complexity index is 273. The van der Waals surface area contributed by atoms with E-state index in [2.05, 4.69) is 15.8 Å². The second-order valence-electron chi connectivity index (χ2n) is 2.62. The number of rotatable bonds is 3. The molecule has 0 aliphatic carbocycles. The molecule has 0 fully saturated rings. The molecule has 0 aromatic carbocycles. The number of hydrogen-bond donors (Lipinski definition) is 3. The standard InChI is InChI=1S/C8H12N4O/c1-6(9)8(13)12-11-7-4-2-3-5-10-7/h2-6H,9H2,1H3,(H,10,11)(H,12,13)/t6-/m1/s1. The third kappa shape index (κ3) is 3.08. The summed E-state index contributed by atoms with van der Waals surface area (Å²) in [5.74, 6) is 0.308. The highest BCUT2D eigenvalue weighted by Gasteiger charge is 2.05. The van der Waals surface area contributed by atoms with E-state index in [4.69, 9.17) is 5.73 Å². The van der Waals surface area contributed by atoms with Gasteiger partial charge in [0, 0.05) is 6.20 Å². The minimum Gasteiger partial charge on any atom is -0.320 e. The molecule has 0 saturated carbocycles. The maximum Gasteiger partial charge on any atom is 0.254 e. The van der Waals surface area contributed by atoms with E-state index in [0.29, 0.717) is 5.82 Å². The molecule has 0 radical (unpaired) electrons. The van der Waals surface area contributed by atoms with Gasteiger partial charge in [0.25, 0.3) is 5.91 Å². The number of pyridine rings is 1. The molecular weight excluding hydrogens is 168 g/mol. The van der Waals surface area contributed by atoms with Crippen LogP contribution in [0.5, 0.6) is 0 Å². The Hall–Kier alpha value is -1.62. The second kappa shape index (κ2) is 4.42. The topological polar surface area (TPSA) is 80.0 Å². The summed E-state index contributed by atoms with van der Waals surface area (Å²) in [6, 6.07) is 4.81. The Kier molecular flexibility index (Phi) is 3.22. The van der Waals surface area contributed by atoms with Gasteiger partial charge in [-0.1, -0.05) is 6.07 Å². The summed E-state index contributed by atoms with van der Waals surface area (Å²) < 4.78 is 0. The van der Waals surface area contributed by atoms with Crippen LogP contribution in [0.15, 0.2) is 24.4 Å². The molecule has 5 nitrogen and oxygen atoms in total. The first-order valence-electron chi connectivity index (χ1n) is 3.92. The van der Waals surface area contributed by atoms with Crippen LogP contribution in [-0.4, -0.2) is 16.9 Å². The number of amides is 1. The number of nitrogens with two attached hydrogens (primary N) is 1. The fourth-order valence-corrected chi connectivity index (χ4v) is 0.676. The van der Waals surface area contributed by atoms with Crippen molar-refractivity contribution in [2.45, 2.75) is 13.0 Å². The first kappa shape index (κ1) is 9.47. The molecule has 13 heavy (non-hydrogen) atoms. The molecule has 0 aliphatic rings. The number of anilines is 1. The quantitative estimate of drug-likeness (QED) is 0.566.